The molecular weight excluding hydrogens is 294 g/mol. The number of nitrogen functional groups attached to an aromatic ring is 1. The van der Waals surface area contributed by atoms with Gasteiger partial charge in [-0.25, -0.2) is 8.42 Å². The maximum Gasteiger partial charge on any atom is 0.184 e. The third-order valence-electron chi connectivity index (χ3n) is 4.04. The second kappa shape index (κ2) is 6.30. The van der Waals surface area contributed by atoms with Crippen LogP contribution in [0.5, 0.6) is 0 Å². The van der Waals surface area contributed by atoms with Gasteiger partial charge in [0.2, 0.25) is 0 Å². The molecule has 1 fully saturated rings. The lowest BCUT2D eigenvalue weighted by molar-refractivity contribution is 0.457. The van der Waals surface area contributed by atoms with E-state index in [1.807, 2.05) is 0 Å². The van der Waals surface area contributed by atoms with Crippen molar-refractivity contribution in [2.45, 2.75) is 56.9 Å². The zero-order chi connectivity index (χ0) is 14.8. The lowest BCUT2D eigenvalue weighted by Crippen LogP contribution is -2.26. The monoisotopic (exact) mass is 317 g/mol. The van der Waals surface area contributed by atoms with Gasteiger partial charge in [-0.2, -0.15) is 4.37 Å². The molecule has 2 atom stereocenters. The largest absolute Gasteiger partial charge is 0.382 e. The molecule has 5 nitrogen and oxygen atoms in total. The summed E-state index contributed by atoms with van der Waals surface area (Å²) in [4.78, 5) is 0.196. The summed E-state index contributed by atoms with van der Waals surface area (Å²) in [5.41, 5.74) is 5.75. The van der Waals surface area contributed by atoms with E-state index in [9.17, 15) is 8.42 Å². The number of sulfone groups is 1. The molecule has 2 unspecified atom stereocenters. The molecule has 0 bridgehead atoms. The number of anilines is 2. The molecule has 7 heteroatoms. The standard InChI is InChI=1S/C13H23N3O2S2/c1-3-20(17,18)11-12(14)16-19-13(11)15-10-8-6-4-5-7-9(10)2/h9-10,15H,3-8H2,1-2H3,(H2,14,16). The van der Waals surface area contributed by atoms with Crippen molar-refractivity contribution in [1.82, 2.24) is 4.37 Å². The average molecular weight is 317 g/mol. The predicted molar refractivity (Wildman–Crippen MR) is 83.9 cm³/mol. The summed E-state index contributed by atoms with van der Waals surface area (Å²) in [7, 11) is -3.33. The van der Waals surface area contributed by atoms with Crippen LogP contribution in [0.2, 0.25) is 0 Å². The second-order valence-electron chi connectivity index (χ2n) is 5.50. The van der Waals surface area contributed by atoms with Gasteiger partial charge in [0.25, 0.3) is 0 Å². The van der Waals surface area contributed by atoms with Gasteiger partial charge in [-0.3, -0.25) is 0 Å². The van der Waals surface area contributed by atoms with Crippen molar-refractivity contribution in [2.24, 2.45) is 5.92 Å². The summed E-state index contributed by atoms with van der Waals surface area (Å²) in [5.74, 6) is 0.712. The number of hydrogen-bond acceptors (Lipinski definition) is 6. The molecule has 20 heavy (non-hydrogen) atoms. The molecule has 1 aromatic heterocycles. The van der Waals surface area contributed by atoms with Crippen molar-refractivity contribution in [3.63, 3.8) is 0 Å². The smallest absolute Gasteiger partial charge is 0.184 e. The third-order valence-corrected chi connectivity index (χ3v) is 6.76. The van der Waals surface area contributed by atoms with Crippen LogP contribution < -0.4 is 11.1 Å². The Morgan fingerprint density at radius 2 is 2.05 bits per heavy atom. The summed E-state index contributed by atoms with van der Waals surface area (Å²) in [6.45, 7) is 3.85. The molecule has 0 spiro atoms. The molecule has 0 aliphatic heterocycles. The summed E-state index contributed by atoms with van der Waals surface area (Å²) < 4.78 is 28.3. The first-order chi connectivity index (χ1) is 9.45. The van der Waals surface area contributed by atoms with Gasteiger partial charge >= 0.3 is 0 Å². The van der Waals surface area contributed by atoms with Crippen LogP contribution in [0.25, 0.3) is 0 Å². The van der Waals surface area contributed by atoms with Crippen molar-refractivity contribution in [3.8, 4) is 0 Å². The minimum absolute atomic E-state index is 0.0461. The summed E-state index contributed by atoms with van der Waals surface area (Å²) in [6, 6.07) is 0.308. The van der Waals surface area contributed by atoms with E-state index in [-0.39, 0.29) is 16.5 Å². The minimum Gasteiger partial charge on any atom is -0.382 e. The highest BCUT2D eigenvalue weighted by molar-refractivity contribution is 7.91. The van der Waals surface area contributed by atoms with Crippen LogP contribution in [0.1, 0.15) is 46.0 Å². The summed E-state index contributed by atoms with van der Waals surface area (Å²) >= 11 is 1.16. The highest BCUT2D eigenvalue weighted by Gasteiger charge is 2.27. The van der Waals surface area contributed by atoms with Crippen molar-refractivity contribution in [1.29, 1.82) is 0 Å². The van der Waals surface area contributed by atoms with Crippen molar-refractivity contribution in [3.05, 3.63) is 0 Å². The fourth-order valence-electron chi connectivity index (χ4n) is 2.71. The lowest BCUT2D eigenvalue weighted by Gasteiger charge is -2.23. The molecule has 0 saturated heterocycles. The van der Waals surface area contributed by atoms with Gasteiger partial charge in [-0.15, -0.1) is 0 Å². The summed E-state index contributed by atoms with van der Waals surface area (Å²) in [5, 5.41) is 4.01. The number of nitrogens with one attached hydrogen (secondary N) is 1. The Labute approximate surface area is 125 Å². The first-order valence-corrected chi connectivity index (χ1v) is 9.62. The van der Waals surface area contributed by atoms with Crippen LogP contribution in [-0.4, -0.2) is 24.6 Å². The zero-order valence-electron chi connectivity index (χ0n) is 12.1. The Morgan fingerprint density at radius 1 is 1.35 bits per heavy atom. The number of hydrogen-bond donors (Lipinski definition) is 2. The second-order valence-corrected chi connectivity index (χ2v) is 8.48. The molecule has 1 heterocycles. The molecule has 0 radical (unpaired) electrons. The number of rotatable bonds is 4. The van der Waals surface area contributed by atoms with E-state index in [2.05, 4.69) is 16.6 Å². The molecule has 3 N–H and O–H groups in total. The molecule has 2 rings (SSSR count). The Morgan fingerprint density at radius 3 is 2.75 bits per heavy atom. The van der Waals surface area contributed by atoms with Gasteiger partial charge < -0.3 is 11.1 Å². The Hall–Kier alpha value is -0.820. The lowest BCUT2D eigenvalue weighted by atomic mass is 9.97. The molecular formula is C13H23N3O2S2. The van der Waals surface area contributed by atoms with Crippen LogP contribution in [-0.2, 0) is 9.84 Å². The van der Waals surface area contributed by atoms with Crippen molar-refractivity contribution >= 4 is 32.2 Å². The number of nitrogens with zero attached hydrogens (tertiary/aromatic N) is 1. The zero-order valence-corrected chi connectivity index (χ0v) is 13.7. The maximum absolute atomic E-state index is 12.1. The quantitative estimate of drug-likeness (QED) is 0.834. The highest BCUT2D eigenvalue weighted by atomic mass is 32.2. The van der Waals surface area contributed by atoms with E-state index in [0.717, 1.165) is 18.0 Å². The van der Waals surface area contributed by atoms with Gasteiger partial charge in [0.1, 0.15) is 9.90 Å². The van der Waals surface area contributed by atoms with Gasteiger partial charge in [0.15, 0.2) is 15.7 Å². The van der Waals surface area contributed by atoms with Gasteiger partial charge in [-0.1, -0.05) is 33.1 Å². The van der Waals surface area contributed by atoms with Crippen LogP contribution >= 0.6 is 11.5 Å². The molecule has 1 saturated carbocycles. The minimum atomic E-state index is -3.33. The summed E-state index contributed by atoms with van der Waals surface area (Å²) in [6.07, 6.45) is 5.95. The van der Waals surface area contributed by atoms with Crippen molar-refractivity contribution in [2.75, 3.05) is 16.8 Å². The predicted octanol–water partition coefficient (Wildman–Crippen LogP) is 2.90. The first kappa shape index (κ1) is 15.6. The molecule has 114 valence electrons. The number of nitrogens with two attached hydrogens (primary N) is 1. The molecule has 1 aromatic rings. The van der Waals surface area contributed by atoms with E-state index in [1.165, 1.54) is 25.7 Å². The third kappa shape index (κ3) is 3.25. The number of aromatic nitrogens is 1. The highest BCUT2D eigenvalue weighted by Crippen LogP contribution is 2.35. The normalized spacial score (nSPS) is 24.3. The van der Waals surface area contributed by atoms with Crippen LogP contribution in [0.3, 0.4) is 0 Å². The fourth-order valence-corrected chi connectivity index (χ4v) is 4.92. The molecule has 0 aromatic carbocycles. The molecule has 0 amide bonds. The van der Waals surface area contributed by atoms with Crippen molar-refractivity contribution < 1.29 is 8.42 Å². The first-order valence-electron chi connectivity index (χ1n) is 7.20. The average Bonchev–Trinajstić information content (AvgIpc) is 2.66. The van der Waals surface area contributed by atoms with E-state index >= 15 is 0 Å². The van der Waals surface area contributed by atoms with Crippen LogP contribution in [0.4, 0.5) is 10.8 Å². The Kier molecular flexibility index (Phi) is 4.90. The molecule has 1 aliphatic rings. The molecule has 1 aliphatic carbocycles. The van der Waals surface area contributed by atoms with Gasteiger partial charge in [0.05, 0.1) is 5.75 Å². The van der Waals surface area contributed by atoms with E-state index in [1.54, 1.807) is 6.92 Å². The Balaban J connectivity index is 2.26. The topological polar surface area (TPSA) is 85.1 Å². The fraction of sp³-hybridized carbons (Fsp3) is 0.769. The van der Waals surface area contributed by atoms with Gasteiger partial charge in [-0.05, 0) is 30.3 Å². The van der Waals surface area contributed by atoms with E-state index in [0.29, 0.717) is 17.0 Å². The van der Waals surface area contributed by atoms with E-state index < -0.39 is 9.84 Å². The maximum atomic E-state index is 12.1. The van der Waals surface area contributed by atoms with Crippen LogP contribution in [0.15, 0.2) is 4.90 Å². The van der Waals surface area contributed by atoms with Crippen LogP contribution in [0, 0.1) is 5.92 Å². The SMILES string of the molecule is CCS(=O)(=O)c1c(N)nsc1NC1CCCCCC1C. The van der Waals surface area contributed by atoms with E-state index in [4.69, 9.17) is 5.73 Å². The Bertz CT molecular complexity index is 554. The van der Waals surface area contributed by atoms with Gasteiger partial charge in [0, 0.05) is 6.04 Å².